The smallest absolute Gasteiger partial charge is 0.254 e. The van der Waals surface area contributed by atoms with Gasteiger partial charge in [-0.05, 0) is 43.4 Å². The fourth-order valence-electron chi connectivity index (χ4n) is 2.55. The van der Waals surface area contributed by atoms with Crippen molar-refractivity contribution in [3.63, 3.8) is 0 Å². The first-order valence-electron chi connectivity index (χ1n) is 6.27. The van der Waals surface area contributed by atoms with Gasteiger partial charge in [0.15, 0.2) is 0 Å². The summed E-state index contributed by atoms with van der Waals surface area (Å²) in [5.74, 6) is 0.366. The normalized spacial score (nSPS) is 21.6. The number of likely N-dealkylation sites (tertiary alicyclic amines) is 1. The van der Waals surface area contributed by atoms with E-state index in [0.717, 1.165) is 18.4 Å². The highest BCUT2D eigenvalue weighted by molar-refractivity contribution is 6.31. The van der Waals surface area contributed by atoms with Crippen LogP contribution in [0.3, 0.4) is 0 Å². The predicted octanol–water partition coefficient (Wildman–Crippen LogP) is 2.25. The summed E-state index contributed by atoms with van der Waals surface area (Å²) in [6.07, 6.45) is 2.18. The molecule has 2 fully saturated rings. The Morgan fingerprint density at radius 3 is 2.67 bits per heavy atom. The van der Waals surface area contributed by atoms with Crippen LogP contribution in [0.5, 0.6) is 0 Å². The fourth-order valence-corrected chi connectivity index (χ4v) is 2.73. The summed E-state index contributed by atoms with van der Waals surface area (Å²) in [7, 11) is 0. The first-order valence-corrected chi connectivity index (χ1v) is 6.65. The number of amides is 1. The van der Waals surface area contributed by atoms with Gasteiger partial charge in [0.05, 0.1) is 13.1 Å². The van der Waals surface area contributed by atoms with Gasteiger partial charge in [-0.2, -0.15) is 0 Å². The Morgan fingerprint density at radius 2 is 2.11 bits per heavy atom. The number of β-amino-alcohol motifs (C(OH)–C–C–N with tert-alkyl or cyclic N) is 1. The molecule has 2 aliphatic rings. The van der Waals surface area contributed by atoms with Crippen molar-refractivity contribution < 1.29 is 9.90 Å². The first kappa shape index (κ1) is 12.0. The van der Waals surface area contributed by atoms with Crippen molar-refractivity contribution in [2.24, 2.45) is 5.92 Å². The zero-order valence-electron chi connectivity index (χ0n) is 10.3. The van der Waals surface area contributed by atoms with Crippen LogP contribution < -0.4 is 0 Å². The SMILES string of the molecule is Cc1ccc(C(=O)N2CC(O)(C3CC3)C2)cc1Cl. The van der Waals surface area contributed by atoms with Gasteiger partial charge in [-0.25, -0.2) is 0 Å². The molecule has 0 aromatic heterocycles. The molecule has 4 heteroatoms. The summed E-state index contributed by atoms with van der Waals surface area (Å²) in [5.41, 5.74) is 0.944. The van der Waals surface area contributed by atoms with Crippen LogP contribution in [0.4, 0.5) is 0 Å². The molecule has 0 spiro atoms. The van der Waals surface area contributed by atoms with E-state index in [1.54, 1.807) is 17.0 Å². The first-order chi connectivity index (χ1) is 8.49. The molecule has 96 valence electrons. The Balaban J connectivity index is 1.70. The molecule has 3 rings (SSSR count). The minimum atomic E-state index is -0.621. The number of carbonyl (C=O) groups excluding carboxylic acids is 1. The van der Waals surface area contributed by atoms with E-state index in [-0.39, 0.29) is 5.91 Å². The van der Waals surface area contributed by atoms with Crippen LogP contribution in [-0.2, 0) is 0 Å². The molecule has 1 heterocycles. The molecule has 1 amide bonds. The zero-order chi connectivity index (χ0) is 12.9. The maximum absolute atomic E-state index is 12.2. The Labute approximate surface area is 111 Å². The van der Waals surface area contributed by atoms with Gasteiger partial charge in [0.25, 0.3) is 5.91 Å². The summed E-state index contributed by atoms with van der Waals surface area (Å²) in [6.45, 7) is 2.83. The largest absolute Gasteiger partial charge is 0.386 e. The summed E-state index contributed by atoms with van der Waals surface area (Å²) in [5, 5.41) is 10.8. The summed E-state index contributed by atoms with van der Waals surface area (Å²) < 4.78 is 0. The highest BCUT2D eigenvalue weighted by atomic mass is 35.5. The Hall–Kier alpha value is -1.06. The zero-order valence-corrected chi connectivity index (χ0v) is 11.1. The van der Waals surface area contributed by atoms with Gasteiger partial charge in [0, 0.05) is 10.6 Å². The van der Waals surface area contributed by atoms with Gasteiger partial charge in [-0.3, -0.25) is 4.79 Å². The van der Waals surface area contributed by atoms with E-state index in [1.807, 2.05) is 13.0 Å². The van der Waals surface area contributed by atoms with Crippen LogP contribution in [0.15, 0.2) is 18.2 Å². The molecule has 1 N–H and O–H groups in total. The molecular weight excluding hydrogens is 250 g/mol. The third-order valence-corrected chi connectivity index (χ3v) is 4.38. The third kappa shape index (κ3) is 1.91. The third-order valence-electron chi connectivity index (χ3n) is 3.97. The molecule has 18 heavy (non-hydrogen) atoms. The van der Waals surface area contributed by atoms with Crippen molar-refractivity contribution in [1.29, 1.82) is 0 Å². The summed E-state index contributed by atoms with van der Waals surface area (Å²) in [4.78, 5) is 13.9. The van der Waals surface area contributed by atoms with E-state index in [9.17, 15) is 9.90 Å². The van der Waals surface area contributed by atoms with Crippen LogP contribution in [0.1, 0.15) is 28.8 Å². The van der Waals surface area contributed by atoms with E-state index in [4.69, 9.17) is 11.6 Å². The van der Waals surface area contributed by atoms with Crippen molar-refractivity contribution in [3.05, 3.63) is 34.3 Å². The lowest BCUT2D eigenvalue weighted by molar-refractivity contribution is -0.0958. The fraction of sp³-hybridized carbons (Fsp3) is 0.500. The molecule has 0 atom stereocenters. The molecule has 1 aromatic rings. The summed E-state index contributed by atoms with van der Waals surface area (Å²) >= 11 is 6.02. The second kappa shape index (κ2) is 3.97. The number of aliphatic hydroxyl groups is 1. The predicted molar refractivity (Wildman–Crippen MR) is 69.8 cm³/mol. The standard InChI is InChI=1S/C14H16ClNO2/c1-9-2-3-10(6-12(9)15)13(17)16-7-14(18,8-16)11-4-5-11/h2-3,6,11,18H,4-5,7-8H2,1H3. The molecule has 0 unspecified atom stereocenters. The Bertz CT molecular complexity index is 505. The minimum Gasteiger partial charge on any atom is -0.386 e. The van der Waals surface area contributed by atoms with Crippen LogP contribution in [0.25, 0.3) is 0 Å². The van der Waals surface area contributed by atoms with Gasteiger partial charge < -0.3 is 10.0 Å². The number of aryl methyl sites for hydroxylation is 1. The Morgan fingerprint density at radius 1 is 1.44 bits per heavy atom. The van der Waals surface area contributed by atoms with Crippen molar-refractivity contribution in [3.8, 4) is 0 Å². The highest BCUT2D eigenvalue weighted by Gasteiger charge is 2.53. The topological polar surface area (TPSA) is 40.5 Å². The van der Waals surface area contributed by atoms with E-state index < -0.39 is 5.60 Å². The van der Waals surface area contributed by atoms with Crippen molar-refractivity contribution >= 4 is 17.5 Å². The molecule has 3 nitrogen and oxygen atoms in total. The van der Waals surface area contributed by atoms with Gasteiger partial charge >= 0.3 is 0 Å². The average Bonchev–Trinajstić information content (AvgIpc) is 3.12. The quantitative estimate of drug-likeness (QED) is 0.891. The van der Waals surface area contributed by atoms with Crippen LogP contribution in [-0.4, -0.2) is 34.6 Å². The number of benzene rings is 1. The van der Waals surface area contributed by atoms with Crippen molar-refractivity contribution in [2.75, 3.05) is 13.1 Å². The second-order valence-corrected chi connectivity index (χ2v) is 5.91. The molecule has 1 aromatic carbocycles. The molecule has 1 saturated carbocycles. The van der Waals surface area contributed by atoms with Crippen molar-refractivity contribution in [1.82, 2.24) is 4.90 Å². The van der Waals surface area contributed by atoms with E-state index in [2.05, 4.69) is 0 Å². The van der Waals surface area contributed by atoms with Gasteiger partial charge in [-0.15, -0.1) is 0 Å². The lowest BCUT2D eigenvalue weighted by atomic mass is 9.88. The molecule has 1 aliphatic heterocycles. The molecule has 0 radical (unpaired) electrons. The van der Waals surface area contributed by atoms with E-state index in [0.29, 0.717) is 29.6 Å². The molecule has 1 saturated heterocycles. The van der Waals surface area contributed by atoms with Crippen molar-refractivity contribution in [2.45, 2.75) is 25.4 Å². The molecule has 1 aliphatic carbocycles. The van der Waals surface area contributed by atoms with Crippen LogP contribution in [0, 0.1) is 12.8 Å². The number of hydrogen-bond acceptors (Lipinski definition) is 2. The number of hydrogen-bond donors (Lipinski definition) is 1. The molecule has 0 bridgehead atoms. The summed E-state index contributed by atoms with van der Waals surface area (Å²) in [6, 6.07) is 5.34. The number of halogens is 1. The van der Waals surface area contributed by atoms with E-state index >= 15 is 0 Å². The van der Waals surface area contributed by atoms with Crippen LogP contribution >= 0.6 is 11.6 Å². The highest BCUT2D eigenvalue weighted by Crippen LogP contribution is 2.44. The number of carbonyl (C=O) groups is 1. The maximum Gasteiger partial charge on any atom is 0.254 e. The number of nitrogens with zero attached hydrogens (tertiary/aromatic N) is 1. The van der Waals surface area contributed by atoms with Gasteiger partial charge in [0.2, 0.25) is 0 Å². The van der Waals surface area contributed by atoms with Gasteiger partial charge in [0.1, 0.15) is 5.60 Å². The monoisotopic (exact) mass is 265 g/mol. The van der Waals surface area contributed by atoms with Crippen LogP contribution in [0.2, 0.25) is 5.02 Å². The lowest BCUT2D eigenvalue weighted by Crippen LogP contribution is -2.64. The van der Waals surface area contributed by atoms with E-state index in [1.165, 1.54) is 0 Å². The lowest BCUT2D eigenvalue weighted by Gasteiger charge is -2.47. The minimum absolute atomic E-state index is 0.0396. The average molecular weight is 266 g/mol. The Kier molecular flexibility index (Phi) is 2.65. The molecular formula is C14H16ClNO2. The van der Waals surface area contributed by atoms with Gasteiger partial charge in [-0.1, -0.05) is 17.7 Å². The second-order valence-electron chi connectivity index (χ2n) is 5.50. The number of rotatable bonds is 2. The maximum atomic E-state index is 12.2.